The molecule has 2 saturated heterocycles. The van der Waals surface area contributed by atoms with E-state index >= 15 is 0 Å². The van der Waals surface area contributed by atoms with Gasteiger partial charge in [0.2, 0.25) is 11.4 Å². The molecule has 3 N–H and O–H groups in total. The summed E-state index contributed by atoms with van der Waals surface area (Å²) in [6.07, 6.45) is 17.7. The van der Waals surface area contributed by atoms with Gasteiger partial charge in [0, 0.05) is 27.6 Å². The summed E-state index contributed by atoms with van der Waals surface area (Å²) in [7, 11) is 0. The van der Waals surface area contributed by atoms with Crippen LogP contribution in [0.15, 0.2) is 70.4 Å². The van der Waals surface area contributed by atoms with Crippen molar-refractivity contribution in [2.45, 2.75) is 128 Å². The first-order chi connectivity index (χ1) is 27.7. The van der Waals surface area contributed by atoms with Gasteiger partial charge in [-0.1, -0.05) is 51.0 Å². The maximum absolute atomic E-state index is 12.9. The number of aliphatic hydroxyl groups is 1. The SMILES string of the molecule is C[C@@H]1CC2C3CCC4=CC(=O)C=C[C@]4(C)[C@@]34O[C@H]4C[C@]2(C)[C@@]1(O)C(=O)O.C[C@@H]1CC2C3CCC4=CC(=O)C=C[C@]4(C)[C@@]34O[C@H]4C[C@]2(C)[C@@]1(OC(=O)c1ccco1)C(=O)O. The molecule has 1 aromatic rings. The lowest BCUT2D eigenvalue weighted by molar-refractivity contribution is -0.185. The van der Waals surface area contributed by atoms with Gasteiger partial charge in [-0.05, 0) is 131 Å². The van der Waals surface area contributed by atoms with Crippen molar-refractivity contribution >= 4 is 29.5 Å². The summed E-state index contributed by atoms with van der Waals surface area (Å²) in [5.74, 6) is -3.11. The summed E-state index contributed by atoms with van der Waals surface area (Å²) in [5.41, 5.74) is -4.05. The van der Waals surface area contributed by atoms with Crippen LogP contribution >= 0.6 is 0 Å². The number of allylic oxidation sites excluding steroid dienone is 4. The van der Waals surface area contributed by atoms with Crippen LogP contribution < -0.4 is 0 Å². The summed E-state index contributed by atoms with van der Waals surface area (Å²) in [4.78, 5) is 61.8. The molecule has 3 heterocycles. The summed E-state index contributed by atoms with van der Waals surface area (Å²) in [5, 5.41) is 31.6. The van der Waals surface area contributed by atoms with E-state index in [1.54, 1.807) is 30.4 Å². The molecule has 4 unspecified atom stereocenters. The Hall–Kier alpha value is -4.13. The van der Waals surface area contributed by atoms with Crippen LogP contribution in [-0.4, -0.2) is 79.4 Å². The second kappa shape index (κ2) is 11.8. The summed E-state index contributed by atoms with van der Waals surface area (Å²) >= 11 is 0. The normalized spacial score (nSPS) is 51.3. The minimum atomic E-state index is -1.70. The largest absolute Gasteiger partial charge is 0.479 e. The molecule has 11 rings (SSSR count). The molecule has 10 aliphatic rings. The van der Waals surface area contributed by atoms with Gasteiger partial charge in [0.1, 0.15) is 11.2 Å². The molecule has 0 bridgehead atoms. The zero-order chi connectivity index (χ0) is 42.1. The van der Waals surface area contributed by atoms with Gasteiger partial charge in [-0.2, -0.15) is 0 Å². The standard InChI is InChI=1S/C26H28O7.C21H26O5/c1-14-11-18-17-7-6-15-12-16(27)8-9-23(15,2)26(17)20(32-26)13-24(18,3)25(14,22(29)30)33-21(28)19-5-4-10-31-19;1-11-8-15-14-5-4-12-9-13(22)6-7-18(12,2)21(14)16(26-21)10-19(15,3)20(11,25)17(23)24/h4-5,8-10,12,14,17-18,20H,6-7,11,13H2,1-3H3,(H,29,30);6-7,9,11,14-16,25H,4-5,8,10H2,1-3H3,(H,23,24)/t14-,17?,18?,20+,23+,24+,25+,26-;11-,14?,15?,16+,18+,19+,20+,21-/m11/s1. The number of ether oxygens (including phenoxy) is 3. The average Bonchev–Trinajstić information content (AvgIpc) is 3.94. The van der Waals surface area contributed by atoms with Gasteiger partial charge in [-0.15, -0.1) is 0 Å². The van der Waals surface area contributed by atoms with Crippen LogP contribution in [0.3, 0.4) is 0 Å². The fourth-order valence-electron chi connectivity index (χ4n) is 15.7. The first-order valence-electron chi connectivity index (χ1n) is 21.4. The van der Waals surface area contributed by atoms with Crippen LogP contribution in [0.2, 0.25) is 0 Å². The second-order valence-corrected chi connectivity index (χ2v) is 20.5. The van der Waals surface area contributed by atoms with Crippen LogP contribution in [0, 0.1) is 57.2 Å². The molecular formula is C47H54O12. The average molecular weight is 811 g/mol. The number of furan rings is 1. The topological polar surface area (TPSA) is 193 Å². The Bertz CT molecular complexity index is 2240. The highest BCUT2D eigenvalue weighted by Crippen LogP contribution is 2.78. The molecule has 8 aliphatic carbocycles. The third-order valence-corrected chi connectivity index (χ3v) is 18.6. The maximum atomic E-state index is 12.9. The number of rotatable bonds is 4. The van der Waals surface area contributed by atoms with E-state index < -0.39 is 45.5 Å². The van der Waals surface area contributed by atoms with Gasteiger partial charge in [0.25, 0.3) is 0 Å². The molecule has 6 saturated carbocycles. The second-order valence-electron chi connectivity index (χ2n) is 20.5. The van der Waals surface area contributed by atoms with Gasteiger partial charge < -0.3 is 33.9 Å². The van der Waals surface area contributed by atoms with Crippen LogP contribution in [0.25, 0.3) is 0 Å². The summed E-state index contributed by atoms with van der Waals surface area (Å²) in [6, 6.07) is 3.07. The summed E-state index contributed by atoms with van der Waals surface area (Å²) < 4.78 is 24.0. The molecule has 0 amide bonds. The van der Waals surface area contributed by atoms with Crippen LogP contribution in [0.1, 0.15) is 103 Å². The number of carboxylic acid groups (broad SMARTS) is 2. The molecule has 16 atom stereocenters. The zero-order valence-corrected chi connectivity index (χ0v) is 34.5. The van der Waals surface area contributed by atoms with Crippen molar-refractivity contribution < 1.29 is 57.9 Å². The van der Waals surface area contributed by atoms with Crippen molar-refractivity contribution in [3.05, 3.63) is 71.8 Å². The number of hydrogen-bond donors (Lipinski definition) is 3. The van der Waals surface area contributed by atoms with Crippen molar-refractivity contribution in [3.63, 3.8) is 0 Å². The number of hydrogen-bond acceptors (Lipinski definition) is 10. The van der Waals surface area contributed by atoms with E-state index in [1.807, 2.05) is 39.8 Å². The lowest BCUT2D eigenvalue weighted by Gasteiger charge is -2.55. The van der Waals surface area contributed by atoms with Gasteiger partial charge in [0.15, 0.2) is 17.2 Å². The van der Waals surface area contributed by atoms with Gasteiger partial charge in [-0.25, -0.2) is 14.4 Å². The number of aliphatic carboxylic acids is 2. The fourth-order valence-corrected chi connectivity index (χ4v) is 15.7. The van der Waals surface area contributed by atoms with E-state index in [9.17, 15) is 39.3 Å². The van der Waals surface area contributed by atoms with Crippen molar-refractivity contribution in [3.8, 4) is 0 Å². The number of carbonyl (C=O) groups is 5. The van der Waals surface area contributed by atoms with Crippen LogP contribution in [-0.2, 0) is 33.4 Å². The predicted octanol–water partition coefficient (Wildman–Crippen LogP) is 6.43. The molecule has 1 aromatic heterocycles. The Labute approximate surface area is 343 Å². The first kappa shape index (κ1) is 39.0. The molecule has 314 valence electrons. The molecule has 2 aliphatic heterocycles. The summed E-state index contributed by atoms with van der Waals surface area (Å²) in [6.45, 7) is 12.0. The first-order valence-corrected chi connectivity index (χ1v) is 21.4. The number of carboxylic acids is 2. The third kappa shape index (κ3) is 4.38. The van der Waals surface area contributed by atoms with Crippen LogP contribution in [0.4, 0.5) is 0 Å². The third-order valence-electron chi connectivity index (χ3n) is 18.6. The Kier molecular flexibility index (Phi) is 7.82. The number of epoxide rings is 2. The number of fused-ring (bicyclic) bond motifs is 6. The number of esters is 1. The highest BCUT2D eigenvalue weighted by atomic mass is 16.6. The van der Waals surface area contributed by atoms with E-state index in [4.69, 9.17) is 18.6 Å². The smallest absolute Gasteiger partial charge is 0.375 e. The van der Waals surface area contributed by atoms with Crippen molar-refractivity contribution in [2.75, 3.05) is 0 Å². The number of ketones is 2. The van der Waals surface area contributed by atoms with E-state index in [2.05, 4.69) is 13.8 Å². The van der Waals surface area contributed by atoms with Gasteiger partial charge in [-0.3, -0.25) is 9.59 Å². The molecule has 59 heavy (non-hydrogen) atoms. The van der Waals surface area contributed by atoms with Gasteiger partial charge in [0.05, 0.1) is 18.5 Å². The van der Waals surface area contributed by atoms with E-state index in [0.29, 0.717) is 25.7 Å². The quantitative estimate of drug-likeness (QED) is 0.223. The van der Waals surface area contributed by atoms with E-state index in [0.717, 1.165) is 36.8 Å². The number of carbonyl (C=O) groups excluding carboxylic acids is 3. The van der Waals surface area contributed by atoms with Gasteiger partial charge >= 0.3 is 17.9 Å². The minimum Gasteiger partial charge on any atom is -0.479 e. The molecule has 2 spiro atoms. The van der Waals surface area contributed by atoms with E-state index in [1.165, 1.54) is 12.3 Å². The molecule has 0 radical (unpaired) electrons. The molecular weight excluding hydrogens is 757 g/mol. The van der Waals surface area contributed by atoms with Crippen molar-refractivity contribution in [1.82, 2.24) is 0 Å². The van der Waals surface area contributed by atoms with Crippen molar-refractivity contribution in [1.29, 1.82) is 0 Å². The lowest BCUT2D eigenvalue weighted by atomic mass is 9.47. The molecule has 0 aromatic carbocycles. The predicted molar refractivity (Wildman–Crippen MR) is 208 cm³/mol. The Morgan fingerprint density at radius 3 is 1.73 bits per heavy atom. The lowest BCUT2D eigenvalue weighted by Crippen LogP contribution is -2.63. The zero-order valence-electron chi connectivity index (χ0n) is 34.5. The highest BCUT2D eigenvalue weighted by molar-refractivity contribution is 6.02. The van der Waals surface area contributed by atoms with Crippen molar-refractivity contribution in [2.24, 2.45) is 57.2 Å². The molecule has 12 nitrogen and oxygen atoms in total. The molecule has 12 heteroatoms. The van der Waals surface area contributed by atoms with E-state index in [-0.39, 0.29) is 81.5 Å². The Balaban J connectivity index is 0.000000147. The Morgan fingerprint density at radius 1 is 0.729 bits per heavy atom. The minimum absolute atomic E-state index is 0.000306. The monoisotopic (exact) mass is 810 g/mol. The maximum Gasteiger partial charge on any atom is 0.375 e. The molecule has 8 fully saturated rings. The van der Waals surface area contributed by atoms with Crippen LogP contribution in [0.5, 0.6) is 0 Å². The Morgan fingerprint density at radius 2 is 1.24 bits per heavy atom. The highest BCUT2D eigenvalue weighted by Gasteiger charge is 2.84. The fraction of sp³-hybridized carbons (Fsp3) is 0.638.